The first kappa shape index (κ1) is 7.73. The van der Waals surface area contributed by atoms with Gasteiger partial charge in [-0.15, -0.1) is 0 Å². The molecule has 2 heteroatoms. The zero-order valence-corrected chi connectivity index (χ0v) is 6.91. The third kappa shape index (κ3) is 2.48. The predicted molar refractivity (Wildman–Crippen MR) is 48.0 cm³/mol. The van der Waals surface area contributed by atoms with E-state index in [1.807, 2.05) is 0 Å². The molecule has 0 aromatic rings. The fourth-order valence-corrected chi connectivity index (χ4v) is 1.47. The highest BCUT2D eigenvalue weighted by Crippen LogP contribution is 2.19. The summed E-state index contributed by atoms with van der Waals surface area (Å²) < 4.78 is 0. The minimum atomic E-state index is 0.633. The number of hydrogen-bond acceptors (Lipinski definition) is 1. The fourth-order valence-electron chi connectivity index (χ4n) is 1.29. The van der Waals surface area contributed by atoms with Crippen molar-refractivity contribution in [2.45, 2.75) is 32.1 Å². The molecule has 0 saturated carbocycles. The van der Waals surface area contributed by atoms with Crippen LogP contribution < -0.4 is 5.73 Å². The smallest absolute Gasteiger partial charge is 0.0768 e. The molecule has 1 aliphatic rings. The van der Waals surface area contributed by atoms with Gasteiger partial charge in [-0.3, -0.25) is 0 Å². The highest BCUT2D eigenvalue weighted by molar-refractivity contribution is 7.80. The quantitative estimate of drug-likeness (QED) is 0.488. The van der Waals surface area contributed by atoms with E-state index in [4.69, 9.17) is 18.0 Å². The molecule has 0 aromatic heterocycles. The minimum Gasteiger partial charge on any atom is -0.393 e. The van der Waals surface area contributed by atoms with Crippen LogP contribution in [0.1, 0.15) is 32.1 Å². The molecule has 1 nitrogen and oxygen atoms in total. The van der Waals surface area contributed by atoms with E-state index in [-0.39, 0.29) is 0 Å². The van der Waals surface area contributed by atoms with Crippen LogP contribution in [-0.4, -0.2) is 4.99 Å². The molecule has 0 bridgehead atoms. The number of allylic oxidation sites excluding steroid dienone is 1. The van der Waals surface area contributed by atoms with Crippen LogP contribution >= 0.6 is 12.2 Å². The lowest BCUT2D eigenvalue weighted by molar-refractivity contribution is 0.695. The Labute approximate surface area is 67.3 Å². The largest absolute Gasteiger partial charge is 0.393 e. The molecule has 0 unspecified atom stereocenters. The van der Waals surface area contributed by atoms with Crippen LogP contribution in [0, 0.1) is 0 Å². The standard InChI is InChI=1S/C8H13NS/c9-8(10)6-7-4-2-1-3-5-7/h4H,1-3,5-6H2,(H2,9,10). The lowest BCUT2D eigenvalue weighted by Crippen LogP contribution is -2.09. The molecule has 0 aliphatic heterocycles. The van der Waals surface area contributed by atoms with E-state index in [0.717, 1.165) is 6.42 Å². The number of thiocarbonyl (C=S) groups is 1. The minimum absolute atomic E-state index is 0.633. The maximum Gasteiger partial charge on any atom is 0.0768 e. The van der Waals surface area contributed by atoms with Crippen molar-refractivity contribution in [3.8, 4) is 0 Å². The Hall–Kier alpha value is -0.370. The molecule has 2 N–H and O–H groups in total. The third-order valence-electron chi connectivity index (χ3n) is 1.79. The zero-order chi connectivity index (χ0) is 7.40. The Bertz CT molecular complexity index is 161. The summed E-state index contributed by atoms with van der Waals surface area (Å²) in [4.78, 5) is 0.633. The van der Waals surface area contributed by atoms with E-state index in [1.54, 1.807) is 0 Å². The zero-order valence-electron chi connectivity index (χ0n) is 6.10. The van der Waals surface area contributed by atoms with Crippen LogP contribution in [0.5, 0.6) is 0 Å². The molecular formula is C8H13NS. The molecule has 0 atom stereocenters. The number of rotatable bonds is 2. The average Bonchev–Trinajstić information content (AvgIpc) is 1.88. The third-order valence-corrected chi connectivity index (χ3v) is 1.93. The van der Waals surface area contributed by atoms with Gasteiger partial charge in [0.15, 0.2) is 0 Å². The summed E-state index contributed by atoms with van der Waals surface area (Å²) in [5, 5.41) is 0. The van der Waals surface area contributed by atoms with E-state index in [0.29, 0.717) is 4.99 Å². The topological polar surface area (TPSA) is 26.0 Å². The number of nitrogens with two attached hydrogens (primary N) is 1. The maximum absolute atomic E-state index is 5.41. The second kappa shape index (κ2) is 3.71. The van der Waals surface area contributed by atoms with Gasteiger partial charge in [-0.05, 0) is 25.7 Å². The lowest BCUT2D eigenvalue weighted by Gasteiger charge is -2.10. The van der Waals surface area contributed by atoms with Crippen molar-refractivity contribution in [1.29, 1.82) is 0 Å². The fraction of sp³-hybridized carbons (Fsp3) is 0.625. The van der Waals surface area contributed by atoms with Gasteiger partial charge in [0.2, 0.25) is 0 Å². The molecular weight excluding hydrogens is 142 g/mol. The van der Waals surface area contributed by atoms with Gasteiger partial charge in [-0.25, -0.2) is 0 Å². The van der Waals surface area contributed by atoms with Gasteiger partial charge in [0.25, 0.3) is 0 Å². The Morgan fingerprint density at radius 3 is 2.90 bits per heavy atom. The van der Waals surface area contributed by atoms with Gasteiger partial charge in [0.05, 0.1) is 4.99 Å². The van der Waals surface area contributed by atoms with Crippen LogP contribution in [-0.2, 0) is 0 Å². The van der Waals surface area contributed by atoms with Gasteiger partial charge in [0.1, 0.15) is 0 Å². The summed E-state index contributed by atoms with van der Waals surface area (Å²) >= 11 is 4.81. The van der Waals surface area contributed by atoms with E-state index >= 15 is 0 Å². The van der Waals surface area contributed by atoms with E-state index in [2.05, 4.69) is 6.08 Å². The Morgan fingerprint density at radius 2 is 2.40 bits per heavy atom. The highest BCUT2D eigenvalue weighted by Gasteiger charge is 2.03. The lowest BCUT2D eigenvalue weighted by atomic mass is 9.97. The Kier molecular flexibility index (Phi) is 2.87. The maximum atomic E-state index is 5.41. The molecule has 1 aliphatic carbocycles. The second-order valence-corrected chi connectivity index (χ2v) is 3.28. The van der Waals surface area contributed by atoms with Crippen molar-refractivity contribution in [2.75, 3.05) is 0 Å². The Morgan fingerprint density at radius 1 is 1.60 bits per heavy atom. The van der Waals surface area contributed by atoms with Gasteiger partial charge in [0, 0.05) is 6.42 Å². The summed E-state index contributed by atoms with van der Waals surface area (Å²) in [6.07, 6.45) is 8.20. The predicted octanol–water partition coefficient (Wildman–Crippen LogP) is 2.16. The number of hydrogen-bond donors (Lipinski definition) is 1. The van der Waals surface area contributed by atoms with Crippen LogP contribution in [0.15, 0.2) is 11.6 Å². The molecule has 0 fully saturated rings. The molecule has 0 spiro atoms. The molecule has 0 aromatic carbocycles. The SMILES string of the molecule is NC(=S)CC1=CCCCC1. The molecule has 10 heavy (non-hydrogen) atoms. The first-order valence-electron chi connectivity index (χ1n) is 3.75. The molecule has 1 rings (SSSR count). The average molecular weight is 155 g/mol. The van der Waals surface area contributed by atoms with Crippen molar-refractivity contribution in [3.63, 3.8) is 0 Å². The molecule has 56 valence electrons. The second-order valence-electron chi connectivity index (χ2n) is 2.75. The van der Waals surface area contributed by atoms with E-state index in [9.17, 15) is 0 Å². The monoisotopic (exact) mass is 155 g/mol. The van der Waals surface area contributed by atoms with Crippen molar-refractivity contribution >= 4 is 17.2 Å². The molecule has 0 heterocycles. The Balaban J connectivity index is 2.38. The first-order valence-corrected chi connectivity index (χ1v) is 4.16. The normalized spacial score (nSPS) is 18.2. The van der Waals surface area contributed by atoms with Gasteiger partial charge in [-0.1, -0.05) is 23.9 Å². The van der Waals surface area contributed by atoms with E-state index in [1.165, 1.54) is 31.3 Å². The van der Waals surface area contributed by atoms with Crippen molar-refractivity contribution in [2.24, 2.45) is 5.73 Å². The summed E-state index contributed by atoms with van der Waals surface area (Å²) in [5.41, 5.74) is 6.86. The summed E-state index contributed by atoms with van der Waals surface area (Å²) in [6, 6.07) is 0. The summed E-state index contributed by atoms with van der Waals surface area (Å²) in [7, 11) is 0. The van der Waals surface area contributed by atoms with Crippen molar-refractivity contribution in [3.05, 3.63) is 11.6 Å². The van der Waals surface area contributed by atoms with Crippen LogP contribution in [0.3, 0.4) is 0 Å². The van der Waals surface area contributed by atoms with E-state index < -0.39 is 0 Å². The first-order chi connectivity index (χ1) is 4.79. The summed E-state index contributed by atoms with van der Waals surface area (Å²) in [6.45, 7) is 0. The summed E-state index contributed by atoms with van der Waals surface area (Å²) in [5.74, 6) is 0. The van der Waals surface area contributed by atoms with Gasteiger partial charge in [-0.2, -0.15) is 0 Å². The highest BCUT2D eigenvalue weighted by atomic mass is 32.1. The molecule has 0 amide bonds. The van der Waals surface area contributed by atoms with Gasteiger partial charge >= 0.3 is 0 Å². The molecule has 0 radical (unpaired) electrons. The van der Waals surface area contributed by atoms with Crippen molar-refractivity contribution < 1.29 is 0 Å². The van der Waals surface area contributed by atoms with Crippen LogP contribution in [0.25, 0.3) is 0 Å². The van der Waals surface area contributed by atoms with Crippen molar-refractivity contribution in [1.82, 2.24) is 0 Å². The van der Waals surface area contributed by atoms with Crippen LogP contribution in [0.2, 0.25) is 0 Å². The van der Waals surface area contributed by atoms with Gasteiger partial charge < -0.3 is 5.73 Å². The van der Waals surface area contributed by atoms with Crippen LogP contribution in [0.4, 0.5) is 0 Å². The molecule has 0 saturated heterocycles.